The fourth-order valence-corrected chi connectivity index (χ4v) is 2.50. The summed E-state index contributed by atoms with van der Waals surface area (Å²) in [5.74, 6) is -0.396. The Balaban J connectivity index is 2.97. The molecule has 0 radical (unpaired) electrons. The van der Waals surface area contributed by atoms with E-state index in [4.69, 9.17) is 4.74 Å². The molecule has 6 heteroatoms. The van der Waals surface area contributed by atoms with Crippen molar-refractivity contribution in [2.75, 3.05) is 12.9 Å². The zero-order valence-electron chi connectivity index (χ0n) is 8.48. The molecule has 15 heavy (non-hydrogen) atoms. The monoisotopic (exact) mass is 245 g/mol. The van der Waals surface area contributed by atoms with Gasteiger partial charge in [0.15, 0.2) is 4.34 Å². The van der Waals surface area contributed by atoms with Crippen LogP contribution in [-0.4, -0.2) is 30.1 Å². The molecule has 0 bridgehead atoms. The Morgan fingerprint density at radius 3 is 2.93 bits per heavy atom. The summed E-state index contributed by atoms with van der Waals surface area (Å²) in [5, 5.41) is 0. The highest BCUT2D eigenvalue weighted by Crippen LogP contribution is 2.26. The average molecular weight is 245 g/mol. The number of carbonyl (C=O) groups is 2. The van der Waals surface area contributed by atoms with E-state index in [1.807, 2.05) is 6.26 Å². The first kappa shape index (κ1) is 12.2. The first-order valence-electron chi connectivity index (χ1n) is 4.37. The molecule has 0 aromatic carbocycles. The predicted octanol–water partition coefficient (Wildman–Crippen LogP) is 1.78. The minimum Gasteiger partial charge on any atom is -0.462 e. The van der Waals surface area contributed by atoms with Gasteiger partial charge in [-0.3, -0.25) is 0 Å². The first-order chi connectivity index (χ1) is 7.22. The van der Waals surface area contributed by atoms with Crippen molar-refractivity contribution in [1.82, 2.24) is 4.98 Å². The smallest absolute Gasteiger partial charge is 0.350 e. The van der Waals surface area contributed by atoms with Crippen LogP contribution >= 0.6 is 23.1 Å². The van der Waals surface area contributed by atoms with Gasteiger partial charge in [-0.25, -0.2) is 9.78 Å². The molecule has 1 heterocycles. The second-order valence-electron chi connectivity index (χ2n) is 2.55. The molecule has 0 saturated heterocycles. The molecular formula is C9H11NO3S2. The summed E-state index contributed by atoms with van der Waals surface area (Å²) in [7, 11) is 0. The molecule has 0 N–H and O–H groups in total. The SMILES string of the molecule is CCOC(=O)c1sc(SC)nc1CC=O. The van der Waals surface area contributed by atoms with Crippen LogP contribution in [0.3, 0.4) is 0 Å². The highest BCUT2D eigenvalue weighted by atomic mass is 32.2. The van der Waals surface area contributed by atoms with Gasteiger partial charge in [0.25, 0.3) is 0 Å². The van der Waals surface area contributed by atoms with E-state index in [9.17, 15) is 9.59 Å². The number of nitrogens with zero attached hydrogens (tertiary/aromatic N) is 1. The van der Waals surface area contributed by atoms with Gasteiger partial charge >= 0.3 is 5.97 Å². The molecule has 4 nitrogen and oxygen atoms in total. The third-order valence-corrected chi connectivity index (χ3v) is 3.65. The first-order valence-corrected chi connectivity index (χ1v) is 6.41. The lowest BCUT2D eigenvalue weighted by Gasteiger charge is -1.98. The summed E-state index contributed by atoms with van der Waals surface area (Å²) in [6.45, 7) is 2.07. The minimum absolute atomic E-state index is 0.158. The Kier molecular flexibility index (Phi) is 4.77. The largest absolute Gasteiger partial charge is 0.462 e. The molecule has 1 aromatic rings. The molecular weight excluding hydrogens is 234 g/mol. The van der Waals surface area contributed by atoms with Gasteiger partial charge in [-0.05, 0) is 13.2 Å². The number of carbonyl (C=O) groups excluding carboxylic acids is 2. The van der Waals surface area contributed by atoms with Crippen molar-refractivity contribution in [3.05, 3.63) is 10.6 Å². The summed E-state index contributed by atoms with van der Waals surface area (Å²) < 4.78 is 5.65. The second kappa shape index (κ2) is 5.87. The van der Waals surface area contributed by atoms with E-state index < -0.39 is 5.97 Å². The summed E-state index contributed by atoms with van der Waals surface area (Å²) in [6, 6.07) is 0. The highest BCUT2D eigenvalue weighted by Gasteiger charge is 2.18. The number of aldehydes is 1. The van der Waals surface area contributed by atoms with E-state index in [0.717, 1.165) is 10.6 Å². The standard InChI is InChI=1S/C9H11NO3S2/c1-3-13-8(12)7-6(4-5-11)10-9(14-2)15-7/h5H,3-4H2,1-2H3. The molecule has 0 spiro atoms. The van der Waals surface area contributed by atoms with Gasteiger partial charge in [0, 0.05) is 6.42 Å². The van der Waals surface area contributed by atoms with Crippen LogP contribution in [0.2, 0.25) is 0 Å². The van der Waals surface area contributed by atoms with Crippen molar-refractivity contribution in [1.29, 1.82) is 0 Å². The minimum atomic E-state index is -0.396. The lowest BCUT2D eigenvalue weighted by molar-refractivity contribution is -0.107. The van der Waals surface area contributed by atoms with Crippen LogP contribution in [-0.2, 0) is 16.0 Å². The molecule has 82 valence electrons. The Bertz CT molecular complexity index is 362. The number of hydrogen-bond acceptors (Lipinski definition) is 6. The average Bonchev–Trinajstić information content (AvgIpc) is 2.62. The summed E-state index contributed by atoms with van der Waals surface area (Å²) >= 11 is 2.71. The van der Waals surface area contributed by atoms with Gasteiger partial charge in [-0.2, -0.15) is 0 Å². The molecule has 0 saturated carbocycles. The predicted molar refractivity (Wildman–Crippen MR) is 59.6 cm³/mol. The van der Waals surface area contributed by atoms with Gasteiger partial charge in [0.2, 0.25) is 0 Å². The summed E-state index contributed by atoms with van der Waals surface area (Å²) in [6.07, 6.45) is 2.77. The van der Waals surface area contributed by atoms with E-state index in [1.54, 1.807) is 6.92 Å². The number of rotatable bonds is 5. The molecule has 1 aromatic heterocycles. The van der Waals surface area contributed by atoms with Gasteiger partial charge in [-0.15, -0.1) is 11.3 Å². The third-order valence-electron chi connectivity index (χ3n) is 1.59. The lowest BCUT2D eigenvalue weighted by Crippen LogP contribution is -2.05. The third kappa shape index (κ3) is 3.04. The van der Waals surface area contributed by atoms with Crippen molar-refractivity contribution in [2.45, 2.75) is 17.7 Å². The normalized spacial score (nSPS) is 10.0. The number of aromatic nitrogens is 1. The van der Waals surface area contributed by atoms with Crippen LogP contribution in [0.15, 0.2) is 4.34 Å². The van der Waals surface area contributed by atoms with Gasteiger partial charge in [-0.1, -0.05) is 11.8 Å². The van der Waals surface area contributed by atoms with Gasteiger partial charge in [0.05, 0.1) is 12.3 Å². The molecule has 1 rings (SSSR count). The van der Waals surface area contributed by atoms with Crippen LogP contribution in [0, 0.1) is 0 Å². The van der Waals surface area contributed by atoms with Crippen LogP contribution < -0.4 is 0 Å². The Hall–Kier alpha value is -0.880. The number of thioether (sulfide) groups is 1. The van der Waals surface area contributed by atoms with Crippen LogP contribution in [0.4, 0.5) is 0 Å². The van der Waals surface area contributed by atoms with Crippen LogP contribution in [0.1, 0.15) is 22.3 Å². The zero-order chi connectivity index (χ0) is 11.3. The van der Waals surface area contributed by atoms with Gasteiger partial charge in [0.1, 0.15) is 11.2 Å². The molecule has 0 aliphatic heterocycles. The zero-order valence-corrected chi connectivity index (χ0v) is 10.1. The fourth-order valence-electron chi connectivity index (χ4n) is 0.991. The van der Waals surface area contributed by atoms with Crippen molar-refractivity contribution in [2.24, 2.45) is 0 Å². The highest BCUT2D eigenvalue weighted by molar-refractivity contribution is 8.00. The topological polar surface area (TPSA) is 56.3 Å². The summed E-state index contributed by atoms with van der Waals surface area (Å²) in [5.41, 5.74) is 0.512. The number of ether oxygens (including phenoxy) is 1. The van der Waals surface area contributed by atoms with Gasteiger partial charge < -0.3 is 9.53 Å². The molecule has 0 atom stereocenters. The Labute approximate surface area is 96.0 Å². The Morgan fingerprint density at radius 1 is 1.67 bits per heavy atom. The second-order valence-corrected chi connectivity index (χ2v) is 4.60. The van der Waals surface area contributed by atoms with E-state index in [1.165, 1.54) is 23.1 Å². The maximum absolute atomic E-state index is 11.5. The van der Waals surface area contributed by atoms with Crippen LogP contribution in [0.25, 0.3) is 0 Å². The van der Waals surface area contributed by atoms with Crippen LogP contribution in [0.5, 0.6) is 0 Å². The quantitative estimate of drug-likeness (QED) is 0.449. The van der Waals surface area contributed by atoms with E-state index in [0.29, 0.717) is 17.2 Å². The molecule has 0 fully saturated rings. The van der Waals surface area contributed by atoms with Crippen molar-refractivity contribution in [3.63, 3.8) is 0 Å². The van der Waals surface area contributed by atoms with Crippen molar-refractivity contribution >= 4 is 35.4 Å². The summed E-state index contributed by atoms with van der Waals surface area (Å²) in [4.78, 5) is 26.5. The number of thiazole rings is 1. The van der Waals surface area contributed by atoms with Crippen molar-refractivity contribution < 1.29 is 14.3 Å². The van der Waals surface area contributed by atoms with E-state index in [2.05, 4.69) is 4.98 Å². The maximum atomic E-state index is 11.5. The lowest BCUT2D eigenvalue weighted by atomic mass is 10.3. The van der Waals surface area contributed by atoms with Crippen molar-refractivity contribution in [3.8, 4) is 0 Å². The Morgan fingerprint density at radius 2 is 2.40 bits per heavy atom. The molecule has 0 amide bonds. The molecule has 0 aliphatic carbocycles. The molecule has 0 unspecified atom stereocenters. The van der Waals surface area contributed by atoms with E-state index >= 15 is 0 Å². The van der Waals surface area contributed by atoms with E-state index in [-0.39, 0.29) is 6.42 Å². The fraction of sp³-hybridized carbons (Fsp3) is 0.444. The number of hydrogen-bond donors (Lipinski definition) is 0. The maximum Gasteiger partial charge on any atom is 0.350 e. The number of esters is 1. The molecule has 0 aliphatic rings.